The molecule has 1 N–H and O–H groups in total. The Hall–Kier alpha value is -1.58. The highest BCUT2D eigenvalue weighted by molar-refractivity contribution is 7.89. The van der Waals surface area contributed by atoms with Crippen LogP contribution >= 0.6 is 0 Å². The molecule has 0 unspecified atom stereocenters. The van der Waals surface area contributed by atoms with Gasteiger partial charge in [-0.15, -0.1) is 0 Å². The predicted octanol–water partition coefficient (Wildman–Crippen LogP) is 1.04. The van der Waals surface area contributed by atoms with Crippen LogP contribution in [0.25, 0.3) is 0 Å². The van der Waals surface area contributed by atoms with Crippen LogP contribution in [0.3, 0.4) is 0 Å². The molecule has 3 fully saturated rings. The zero-order valence-corrected chi connectivity index (χ0v) is 15.7. The molecule has 4 rings (SSSR count). The summed E-state index contributed by atoms with van der Waals surface area (Å²) in [6.07, 6.45) is 0.804. The van der Waals surface area contributed by atoms with E-state index in [4.69, 9.17) is 0 Å². The summed E-state index contributed by atoms with van der Waals surface area (Å²) >= 11 is 0. The fourth-order valence-corrected chi connectivity index (χ4v) is 6.00. The molecule has 3 saturated heterocycles. The van der Waals surface area contributed by atoms with Gasteiger partial charge in [-0.2, -0.15) is 4.31 Å². The van der Waals surface area contributed by atoms with Gasteiger partial charge in [0.1, 0.15) is 16.5 Å². The highest BCUT2D eigenvalue weighted by Gasteiger charge is 2.41. The number of hydrogen-bond acceptors (Lipinski definition) is 4. The number of carbonyl (C=O) groups excluding carboxylic acids is 1. The Morgan fingerprint density at radius 2 is 1.70 bits per heavy atom. The molecular formula is C18H23F2N3O3S. The number of fused-ring (bicyclic) bond motifs is 1. The zero-order valence-electron chi connectivity index (χ0n) is 14.9. The molecule has 148 valence electrons. The highest BCUT2D eigenvalue weighted by Crippen LogP contribution is 2.31. The maximum atomic E-state index is 13.9. The quantitative estimate of drug-likeness (QED) is 0.825. The fraction of sp³-hybridized carbons (Fsp3) is 0.611. The first-order valence-corrected chi connectivity index (χ1v) is 10.7. The molecule has 6 nitrogen and oxygen atoms in total. The second-order valence-electron chi connectivity index (χ2n) is 7.67. The maximum absolute atomic E-state index is 13.9. The monoisotopic (exact) mass is 399 g/mol. The van der Waals surface area contributed by atoms with Gasteiger partial charge in [-0.1, -0.05) is 0 Å². The van der Waals surface area contributed by atoms with E-state index in [0.29, 0.717) is 30.7 Å². The van der Waals surface area contributed by atoms with Crippen LogP contribution in [0.1, 0.15) is 12.8 Å². The molecule has 0 saturated carbocycles. The SMILES string of the molecule is O=C(C1CCN(S(=O)(=O)c2cc(F)ccc2F)CC1)N1C[C@H]2CNC[C@H]2C1. The van der Waals surface area contributed by atoms with Gasteiger partial charge in [0.15, 0.2) is 0 Å². The Morgan fingerprint density at radius 1 is 1.07 bits per heavy atom. The average Bonchev–Trinajstić information content (AvgIpc) is 3.25. The van der Waals surface area contributed by atoms with Crippen molar-refractivity contribution >= 4 is 15.9 Å². The van der Waals surface area contributed by atoms with Crippen LogP contribution in [0.4, 0.5) is 8.78 Å². The Balaban J connectivity index is 1.40. The minimum absolute atomic E-state index is 0.0957. The normalized spacial score (nSPS) is 27.1. The van der Waals surface area contributed by atoms with Crippen LogP contribution in [-0.2, 0) is 14.8 Å². The minimum atomic E-state index is -4.11. The third-order valence-electron chi connectivity index (χ3n) is 6.02. The van der Waals surface area contributed by atoms with E-state index >= 15 is 0 Å². The minimum Gasteiger partial charge on any atom is -0.342 e. The molecule has 0 spiro atoms. The van der Waals surface area contributed by atoms with E-state index in [1.807, 2.05) is 4.90 Å². The van der Waals surface area contributed by atoms with E-state index < -0.39 is 26.6 Å². The van der Waals surface area contributed by atoms with Gasteiger partial charge in [0.05, 0.1) is 0 Å². The number of sulfonamides is 1. The highest BCUT2D eigenvalue weighted by atomic mass is 32.2. The molecule has 9 heteroatoms. The number of hydrogen-bond donors (Lipinski definition) is 1. The molecular weight excluding hydrogens is 376 g/mol. The molecule has 0 bridgehead atoms. The Kier molecular flexibility index (Phi) is 4.94. The second kappa shape index (κ2) is 7.10. The second-order valence-corrected chi connectivity index (χ2v) is 9.58. The van der Waals surface area contributed by atoms with Crippen LogP contribution in [0, 0.1) is 29.4 Å². The van der Waals surface area contributed by atoms with Crippen molar-refractivity contribution in [3.05, 3.63) is 29.8 Å². The lowest BCUT2D eigenvalue weighted by Crippen LogP contribution is -2.44. The molecule has 27 heavy (non-hydrogen) atoms. The molecule has 0 aliphatic carbocycles. The number of rotatable bonds is 3. The first kappa shape index (κ1) is 18.8. The Labute approximate surface area is 157 Å². The lowest BCUT2D eigenvalue weighted by Gasteiger charge is -2.32. The van der Waals surface area contributed by atoms with Crippen molar-refractivity contribution < 1.29 is 22.0 Å². The summed E-state index contributed by atoms with van der Waals surface area (Å²) in [7, 11) is -4.11. The van der Waals surface area contributed by atoms with Gasteiger partial charge < -0.3 is 10.2 Å². The van der Waals surface area contributed by atoms with Crippen molar-refractivity contribution in [1.82, 2.24) is 14.5 Å². The van der Waals surface area contributed by atoms with Gasteiger partial charge in [-0.3, -0.25) is 4.79 Å². The van der Waals surface area contributed by atoms with Crippen LogP contribution in [-0.4, -0.2) is 62.8 Å². The van der Waals surface area contributed by atoms with Gasteiger partial charge in [0.25, 0.3) is 0 Å². The van der Waals surface area contributed by atoms with Gasteiger partial charge >= 0.3 is 0 Å². The first-order valence-electron chi connectivity index (χ1n) is 9.31. The fourth-order valence-electron chi connectivity index (χ4n) is 4.45. The molecule has 0 aromatic heterocycles. The summed E-state index contributed by atoms with van der Waals surface area (Å²) in [6.45, 7) is 3.70. The van der Waals surface area contributed by atoms with Crippen molar-refractivity contribution in [1.29, 1.82) is 0 Å². The van der Waals surface area contributed by atoms with Gasteiger partial charge in [-0.25, -0.2) is 17.2 Å². The largest absolute Gasteiger partial charge is 0.342 e. The number of halogens is 2. The lowest BCUT2D eigenvalue weighted by atomic mass is 9.96. The smallest absolute Gasteiger partial charge is 0.246 e. The van der Waals surface area contributed by atoms with Crippen molar-refractivity contribution in [2.75, 3.05) is 39.3 Å². The molecule has 0 radical (unpaired) electrons. The molecule has 2 atom stereocenters. The van der Waals surface area contributed by atoms with Crippen LogP contribution in [0.5, 0.6) is 0 Å². The number of piperidine rings is 1. The summed E-state index contributed by atoms with van der Waals surface area (Å²) in [5, 5.41) is 3.34. The number of nitrogens with one attached hydrogen (secondary N) is 1. The van der Waals surface area contributed by atoms with E-state index in [0.717, 1.165) is 42.6 Å². The zero-order chi connectivity index (χ0) is 19.2. The van der Waals surface area contributed by atoms with Gasteiger partial charge in [0, 0.05) is 45.2 Å². The standard InChI is InChI=1S/C18H23F2N3O3S/c19-15-1-2-16(20)17(7-15)27(25,26)23-5-3-12(4-6-23)18(24)22-10-13-8-21-9-14(13)11-22/h1-2,7,12-14,21H,3-6,8-11H2/t13-,14+. The van der Waals surface area contributed by atoms with Crippen LogP contribution in [0.15, 0.2) is 23.1 Å². The predicted molar refractivity (Wildman–Crippen MR) is 94.3 cm³/mol. The van der Waals surface area contributed by atoms with E-state index in [1.54, 1.807) is 0 Å². The number of likely N-dealkylation sites (tertiary alicyclic amines) is 1. The molecule has 3 aliphatic rings. The van der Waals surface area contributed by atoms with E-state index in [9.17, 15) is 22.0 Å². The number of carbonyl (C=O) groups is 1. The number of amides is 1. The third kappa shape index (κ3) is 3.48. The molecule has 1 amide bonds. The summed E-state index contributed by atoms with van der Waals surface area (Å²) < 4.78 is 53.7. The molecule has 1 aromatic rings. The number of nitrogens with zero attached hydrogens (tertiary/aromatic N) is 2. The third-order valence-corrected chi connectivity index (χ3v) is 7.93. The summed E-state index contributed by atoms with van der Waals surface area (Å²) in [6, 6.07) is 2.41. The topological polar surface area (TPSA) is 69.7 Å². The summed E-state index contributed by atoms with van der Waals surface area (Å²) in [4.78, 5) is 14.1. The van der Waals surface area contributed by atoms with Gasteiger partial charge in [-0.05, 0) is 42.9 Å². The summed E-state index contributed by atoms with van der Waals surface area (Å²) in [5.74, 6) is -0.837. The van der Waals surface area contributed by atoms with Crippen molar-refractivity contribution in [2.24, 2.45) is 17.8 Å². The maximum Gasteiger partial charge on any atom is 0.246 e. The van der Waals surface area contributed by atoms with Crippen molar-refractivity contribution in [3.63, 3.8) is 0 Å². The molecule has 3 aliphatic heterocycles. The Bertz CT molecular complexity index is 828. The number of benzene rings is 1. The van der Waals surface area contributed by atoms with Crippen LogP contribution < -0.4 is 5.32 Å². The van der Waals surface area contributed by atoms with Crippen molar-refractivity contribution in [2.45, 2.75) is 17.7 Å². The van der Waals surface area contributed by atoms with E-state index in [2.05, 4.69) is 5.32 Å². The van der Waals surface area contributed by atoms with Gasteiger partial charge in [0.2, 0.25) is 15.9 Å². The first-order chi connectivity index (χ1) is 12.9. The Morgan fingerprint density at radius 3 is 2.33 bits per heavy atom. The van der Waals surface area contributed by atoms with Crippen LogP contribution in [0.2, 0.25) is 0 Å². The lowest BCUT2D eigenvalue weighted by molar-refractivity contribution is -0.135. The average molecular weight is 399 g/mol. The van der Waals surface area contributed by atoms with E-state index in [1.165, 1.54) is 0 Å². The van der Waals surface area contributed by atoms with Crippen molar-refractivity contribution in [3.8, 4) is 0 Å². The molecule has 1 aromatic carbocycles. The summed E-state index contributed by atoms with van der Waals surface area (Å²) in [5.41, 5.74) is 0. The molecule has 3 heterocycles. The van der Waals surface area contributed by atoms with E-state index in [-0.39, 0.29) is 24.9 Å².